The molecule has 0 aromatic heterocycles. The summed E-state index contributed by atoms with van der Waals surface area (Å²) in [7, 11) is -2.93. The Hall–Kier alpha value is -1.03. The molecule has 1 aromatic carbocycles. The van der Waals surface area contributed by atoms with Gasteiger partial charge in [-0.15, -0.1) is 24.0 Å². The first kappa shape index (κ1) is 26.0. The van der Waals surface area contributed by atoms with Gasteiger partial charge in [0.05, 0.1) is 18.4 Å². The van der Waals surface area contributed by atoms with Gasteiger partial charge in [0, 0.05) is 24.9 Å². The van der Waals surface area contributed by atoms with Crippen molar-refractivity contribution in [2.75, 3.05) is 25.1 Å². The molecule has 1 unspecified atom stereocenters. The van der Waals surface area contributed by atoms with Crippen molar-refractivity contribution in [2.24, 2.45) is 4.99 Å². The topological polar surface area (TPSA) is 79.8 Å². The van der Waals surface area contributed by atoms with Crippen LogP contribution >= 0.6 is 24.0 Å². The summed E-state index contributed by atoms with van der Waals surface area (Å²) >= 11 is 0. The monoisotopic (exact) mass is 511 g/mol. The van der Waals surface area contributed by atoms with E-state index in [0.29, 0.717) is 25.5 Å². The van der Waals surface area contributed by atoms with E-state index >= 15 is 0 Å². The number of aliphatic imine (C=N–C) groups is 1. The third-order valence-corrected chi connectivity index (χ3v) is 4.89. The molecular formula is C19H34IN3O3S. The largest absolute Gasteiger partial charge is 0.490 e. The normalized spacial score (nSPS) is 12.9. The fourth-order valence-corrected chi connectivity index (χ4v) is 2.92. The van der Waals surface area contributed by atoms with Gasteiger partial charge in [-0.25, -0.2) is 13.4 Å². The molecule has 1 rings (SSSR count). The smallest absolute Gasteiger partial charge is 0.191 e. The number of rotatable bonds is 10. The molecule has 2 N–H and O–H groups in total. The van der Waals surface area contributed by atoms with Gasteiger partial charge in [-0.3, -0.25) is 0 Å². The second kappa shape index (κ2) is 13.2. The van der Waals surface area contributed by atoms with Crippen LogP contribution in [0.25, 0.3) is 0 Å². The van der Waals surface area contributed by atoms with Gasteiger partial charge in [0.15, 0.2) is 5.96 Å². The Kier molecular flexibility index (Phi) is 12.7. The lowest BCUT2D eigenvalue weighted by Crippen LogP contribution is -2.38. The third kappa shape index (κ3) is 11.4. The van der Waals surface area contributed by atoms with Crippen LogP contribution < -0.4 is 15.4 Å². The van der Waals surface area contributed by atoms with E-state index in [1.807, 2.05) is 26.0 Å². The Labute approximate surface area is 181 Å². The molecule has 0 radical (unpaired) electrons. The van der Waals surface area contributed by atoms with Crippen LogP contribution in [0.1, 0.15) is 44.7 Å². The third-order valence-electron chi connectivity index (χ3n) is 3.86. The molecule has 0 spiro atoms. The minimum Gasteiger partial charge on any atom is -0.490 e. The molecule has 1 atom stereocenters. The molecule has 0 amide bonds. The van der Waals surface area contributed by atoms with E-state index in [2.05, 4.69) is 35.5 Å². The predicted octanol–water partition coefficient (Wildman–Crippen LogP) is 3.28. The van der Waals surface area contributed by atoms with Gasteiger partial charge < -0.3 is 15.4 Å². The van der Waals surface area contributed by atoms with E-state index in [0.717, 1.165) is 29.8 Å². The zero-order valence-corrected chi connectivity index (χ0v) is 20.2. The number of aryl methyl sites for hydroxylation is 1. The number of ether oxygens (including phenoxy) is 1. The second-order valence-corrected chi connectivity index (χ2v) is 8.81. The summed E-state index contributed by atoms with van der Waals surface area (Å²) in [5.74, 6) is 1.72. The van der Waals surface area contributed by atoms with Crippen LogP contribution in [0.4, 0.5) is 0 Å². The standard InChI is InChI=1S/C19H33N3O3S.HI/c1-6-16(4)25-18-13-15(3)9-10-17(18)14-22-19(20-7-2)21-11-8-12-26(5,23)24;/h9-10,13,16H,6-8,11-12,14H2,1-5H3,(H2,20,21,22);1H. The second-order valence-electron chi connectivity index (χ2n) is 6.55. The summed E-state index contributed by atoms with van der Waals surface area (Å²) in [6.07, 6.45) is 2.90. The van der Waals surface area contributed by atoms with E-state index in [1.165, 1.54) is 6.26 Å². The summed E-state index contributed by atoms with van der Waals surface area (Å²) < 4.78 is 28.4. The lowest BCUT2D eigenvalue weighted by molar-refractivity contribution is 0.215. The van der Waals surface area contributed by atoms with Crippen LogP contribution in [0, 0.1) is 6.92 Å². The van der Waals surface area contributed by atoms with Crippen LogP contribution in [0.2, 0.25) is 0 Å². The first-order chi connectivity index (χ1) is 12.2. The van der Waals surface area contributed by atoms with Crippen molar-refractivity contribution in [3.05, 3.63) is 29.3 Å². The molecule has 0 heterocycles. The quantitative estimate of drug-likeness (QED) is 0.218. The average Bonchev–Trinajstić information content (AvgIpc) is 2.56. The van der Waals surface area contributed by atoms with Gasteiger partial charge in [-0.05, 0) is 45.2 Å². The minimum absolute atomic E-state index is 0. The molecule has 27 heavy (non-hydrogen) atoms. The highest BCUT2D eigenvalue weighted by atomic mass is 127. The molecule has 0 fully saturated rings. The highest BCUT2D eigenvalue weighted by Gasteiger charge is 2.08. The number of nitrogens with one attached hydrogen (secondary N) is 2. The average molecular weight is 511 g/mol. The summed E-state index contributed by atoms with van der Waals surface area (Å²) in [5, 5.41) is 6.36. The SMILES string of the molecule is CCNC(=NCc1ccc(C)cc1OC(C)CC)NCCCS(C)(=O)=O.I. The first-order valence-corrected chi connectivity index (χ1v) is 11.3. The fourth-order valence-electron chi connectivity index (χ4n) is 2.25. The Bertz CT molecular complexity index is 693. The van der Waals surface area contributed by atoms with Crippen LogP contribution in [0.3, 0.4) is 0 Å². The van der Waals surface area contributed by atoms with Gasteiger partial charge >= 0.3 is 0 Å². The summed E-state index contributed by atoms with van der Waals surface area (Å²) in [5.41, 5.74) is 2.19. The maximum Gasteiger partial charge on any atom is 0.191 e. The van der Waals surface area contributed by atoms with Gasteiger partial charge in [0.1, 0.15) is 15.6 Å². The molecule has 0 aliphatic carbocycles. The number of nitrogens with zero attached hydrogens (tertiary/aromatic N) is 1. The van der Waals surface area contributed by atoms with E-state index in [1.54, 1.807) is 0 Å². The number of hydrogen-bond acceptors (Lipinski definition) is 4. The van der Waals surface area contributed by atoms with Crippen molar-refractivity contribution in [1.29, 1.82) is 0 Å². The zero-order valence-electron chi connectivity index (χ0n) is 17.0. The highest BCUT2D eigenvalue weighted by Crippen LogP contribution is 2.23. The number of guanidine groups is 1. The van der Waals surface area contributed by atoms with Crippen LogP contribution in [-0.2, 0) is 16.4 Å². The van der Waals surface area contributed by atoms with E-state index in [4.69, 9.17) is 4.74 Å². The van der Waals surface area contributed by atoms with Gasteiger partial charge in [-0.1, -0.05) is 19.1 Å². The minimum atomic E-state index is -2.93. The van der Waals surface area contributed by atoms with Crippen LogP contribution in [0.5, 0.6) is 5.75 Å². The van der Waals surface area contributed by atoms with Gasteiger partial charge in [0.25, 0.3) is 0 Å². The molecule has 0 bridgehead atoms. The lowest BCUT2D eigenvalue weighted by Gasteiger charge is -2.17. The molecule has 0 saturated carbocycles. The Morgan fingerprint density at radius 3 is 2.56 bits per heavy atom. The molecule has 0 aliphatic rings. The van der Waals surface area contributed by atoms with E-state index in [9.17, 15) is 8.42 Å². The van der Waals surface area contributed by atoms with E-state index in [-0.39, 0.29) is 35.8 Å². The Morgan fingerprint density at radius 2 is 1.96 bits per heavy atom. The summed E-state index contributed by atoms with van der Waals surface area (Å²) in [4.78, 5) is 4.61. The van der Waals surface area contributed by atoms with E-state index < -0.39 is 9.84 Å². The fraction of sp³-hybridized carbons (Fsp3) is 0.632. The molecule has 156 valence electrons. The Balaban J connectivity index is 0.00000676. The van der Waals surface area contributed by atoms with Crippen molar-refractivity contribution < 1.29 is 13.2 Å². The highest BCUT2D eigenvalue weighted by molar-refractivity contribution is 14.0. The first-order valence-electron chi connectivity index (χ1n) is 9.21. The molecule has 6 nitrogen and oxygen atoms in total. The molecule has 0 saturated heterocycles. The molecule has 1 aromatic rings. The maximum absolute atomic E-state index is 11.2. The van der Waals surface area contributed by atoms with Gasteiger partial charge in [-0.2, -0.15) is 0 Å². The summed E-state index contributed by atoms with van der Waals surface area (Å²) in [6, 6.07) is 6.15. The number of halogens is 1. The van der Waals surface area contributed by atoms with Crippen molar-refractivity contribution in [3.8, 4) is 5.75 Å². The van der Waals surface area contributed by atoms with Crippen molar-refractivity contribution in [1.82, 2.24) is 10.6 Å². The molecular weight excluding hydrogens is 477 g/mol. The zero-order chi connectivity index (χ0) is 19.6. The number of benzene rings is 1. The number of hydrogen-bond donors (Lipinski definition) is 2. The van der Waals surface area contributed by atoms with Crippen LogP contribution in [-0.4, -0.2) is 45.6 Å². The Morgan fingerprint density at radius 1 is 1.26 bits per heavy atom. The van der Waals surface area contributed by atoms with Gasteiger partial charge in [0.2, 0.25) is 0 Å². The number of sulfone groups is 1. The summed E-state index contributed by atoms with van der Waals surface area (Å²) in [6.45, 7) is 9.99. The van der Waals surface area contributed by atoms with Crippen molar-refractivity contribution in [3.63, 3.8) is 0 Å². The molecule has 8 heteroatoms. The van der Waals surface area contributed by atoms with Crippen LogP contribution in [0.15, 0.2) is 23.2 Å². The maximum atomic E-state index is 11.2. The predicted molar refractivity (Wildman–Crippen MR) is 124 cm³/mol. The van der Waals surface area contributed by atoms with Crippen molar-refractivity contribution >= 4 is 39.8 Å². The van der Waals surface area contributed by atoms with Crippen molar-refractivity contribution in [2.45, 2.75) is 53.2 Å². The molecule has 0 aliphatic heterocycles. The lowest BCUT2D eigenvalue weighted by atomic mass is 10.1.